The molecule has 94 valence electrons. The van der Waals surface area contributed by atoms with Crippen LogP contribution in [0.5, 0.6) is 11.6 Å². The summed E-state index contributed by atoms with van der Waals surface area (Å²) in [5, 5.41) is 2.78. The quantitative estimate of drug-likeness (QED) is 0.882. The standard InChI is InChI=1S/C11H8BrF2N3O/c1-15-9-4-10(17-5-16-9)18-8-3-6(12)2-7(13)11(8)14/h2-5H,1H3,(H,15,16,17). The first-order valence-electron chi connectivity index (χ1n) is 4.92. The lowest BCUT2D eigenvalue weighted by Gasteiger charge is -2.07. The van der Waals surface area contributed by atoms with Crippen molar-refractivity contribution in [3.8, 4) is 11.6 Å². The number of hydrogen-bond acceptors (Lipinski definition) is 4. The van der Waals surface area contributed by atoms with Crippen molar-refractivity contribution < 1.29 is 13.5 Å². The Hall–Kier alpha value is -1.76. The number of ether oxygens (including phenoxy) is 1. The molecular weight excluding hydrogens is 308 g/mol. The summed E-state index contributed by atoms with van der Waals surface area (Å²) in [4.78, 5) is 7.68. The Morgan fingerprint density at radius 2 is 2.00 bits per heavy atom. The monoisotopic (exact) mass is 315 g/mol. The third-order valence-electron chi connectivity index (χ3n) is 2.07. The third kappa shape index (κ3) is 2.73. The molecular formula is C11H8BrF2N3O. The van der Waals surface area contributed by atoms with E-state index in [0.29, 0.717) is 10.3 Å². The average molecular weight is 316 g/mol. The highest BCUT2D eigenvalue weighted by molar-refractivity contribution is 9.10. The minimum atomic E-state index is -1.07. The van der Waals surface area contributed by atoms with E-state index in [1.165, 1.54) is 18.5 Å². The first-order chi connectivity index (χ1) is 8.60. The van der Waals surface area contributed by atoms with E-state index in [4.69, 9.17) is 4.74 Å². The number of nitrogens with zero attached hydrogens (tertiary/aromatic N) is 2. The fraction of sp³-hybridized carbons (Fsp3) is 0.0909. The normalized spacial score (nSPS) is 10.2. The molecule has 0 saturated carbocycles. The molecule has 2 rings (SSSR count). The van der Waals surface area contributed by atoms with Crippen molar-refractivity contribution in [3.63, 3.8) is 0 Å². The van der Waals surface area contributed by atoms with E-state index >= 15 is 0 Å². The first kappa shape index (κ1) is 12.7. The summed E-state index contributed by atoms with van der Waals surface area (Å²) in [6.45, 7) is 0. The maximum Gasteiger partial charge on any atom is 0.224 e. The van der Waals surface area contributed by atoms with Crippen molar-refractivity contribution in [1.82, 2.24) is 9.97 Å². The van der Waals surface area contributed by atoms with Gasteiger partial charge in [-0.2, -0.15) is 4.39 Å². The molecule has 0 amide bonds. The summed E-state index contributed by atoms with van der Waals surface area (Å²) in [6.07, 6.45) is 1.26. The van der Waals surface area contributed by atoms with Crippen molar-refractivity contribution in [2.45, 2.75) is 0 Å². The van der Waals surface area contributed by atoms with Gasteiger partial charge in [-0.3, -0.25) is 0 Å². The van der Waals surface area contributed by atoms with Crippen LogP contribution in [-0.2, 0) is 0 Å². The van der Waals surface area contributed by atoms with Crippen molar-refractivity contribution in [3.05, 3.63) is 40.6 Å². The second-order valence-corrected chi connectivity index (χ2v) is 4.21. The summed E-state index contributed by atoms with van der Waals surface area (Å²) in [6, 6.07) is 3.80. The van der Waals surface area contributed by atoms with Crippen molar-refractivity contribution in [2.24, 2.45) is 0 Å². The van der Waals surface area contributed by atoms with Gasteiger partial charge in [0.2, 0.25) is 11.7 Å². The zero-order valence-electron chi connectivity index (χ0n) is 9.25. The topological polar surface area (TPSA) is 47.0 Å². The molecule has 2 aromatic rings. The summed E-state index contributed by atoms with van der Waals surface area (Å²) in [7, 11) is 1.67. The SMILES string of the molecule is CNc1cc(Oc2cc(Br)cc(F)c2F)ncn1. The Morgan fingerprint density at radius 3 is 2.72 bits per heavy atom. The van der Waals surface area contributed by atoms with Gasteiger partial charge in [0.1, 0.15) is 12.1 Å². The Balaban J connectivity index is 2.33. The fourth-order valence-electron chi connectivity index (χ4n) is 1.25. The lowest BCUT2D eigenvalue weighted by molar-refractivity contribution is 0.404. The van der Waals surface area contributed by atoms with Gasteiger partial charge < -0.3 is 10.1 Å². The van der Waals surface area contributed by atoms with Crippen LogP contribution < -0.4 is 10.1 Å². The number of anilines is 1. The number of benzene rings is 1. The Morgan fingerprint density at radius 1 is 1.22 bits per heavy atom. The number of rotatable bonds is 3. The molecule has 0 aliphatic carbocycles. The highest BCUT2D eigenvalue weighted by Crippen LogP contribution is 2.29. The highest BCUT2D eigenvalue weighted by atomic mass is 79.9. The molecule has 0 fully saturated rings. The van der Waals surface area contributed by atoms with Crippen molar-refractivity contribution in [1.29, 1.82) is 0 Å². The second kappa shape index (κ2) is 5.26. The molecule has 1 aromatic heterocycles. The number of nitrogens with one attached hydrogen (secondary N) is 1. The smallest absolute Gasteiger partial charge is 0.224 e. The summed E-state index contributed by atoms with van der Waals surface area (Å²) in [5.74, 6) is -1.69. The van der Waals surface area contributed by atoms with Crippen LogP contribution in [0.1, 0.15) is 0 Å². The number of aromatic nitrogens is 2. The minimum absolute atomic E-state index is 0.116. The van der Waals surface area contributed by atoms with Crippen LogP contribution in [0.3, 0.4) is 0 Å². The first-order valence-corrected chi connectivity index (χ1v) is 5.71. The van der Waals surface area contributed by atoms with Gasteiger partial charge in [-0.25, -0.2) is 14.4 Å². The van der Waals surface area contributed by atoms with Gasteiger partial charge in [-0.1, -0.05) is 15.9 Å². The van der Waals surface area contributed by atoms with E-state index in [-0.39, 0.29) is 11.6 Å². The molecule has 0 bridgehead atoms. The number of halogens is 3. The Kier molecular flexibility index (Phi) is 3.71. The van der Waals surface area contributed by atoms with E-state index in [1.54, 1.807) is 7.05 Å². The Labute approximate surface area is 110 Å². The van der Waals surface area contributed by atoms with Gasteiger partial charge in [0.25, 0.3) is 0 Å². The predicted octanol–water partition coefficient (Wildman–Crippen LogP) is 3.35. The van der Waals surface area contributed by atoms with Crippen LogP contribution in [0.2, 0.25) is 0 Å². The number of hydrogen-bond donors (Lipinski definition) is 1. The van der Waals surface area contributed by atoms with Crippen LogP contribution in [0, 0.1) is 11.6 Å². The van der Waals surface area contributed by atoms with E-state index < -0.39 is 11.6 Å². The van der Waals surface area contributed by atoms with Crippen LogP contribution in [-0.4, -0.2) is 17.0 Å². The molecule has 1 heterocycles. The highest BCUT2D eigenvalue weighted by Gasteiger charge is 2.13. The van der Waals surface area contributed by atoms with Gasteiger partial charge >= 0.3 is 0 Å². The maximum atomic E-state index is 13.5. The molecule has 0 saturated heterocycles. The molecule has 1 aromatic carbocycles. The van der Waals surface area contributed by atoms with Crippen LogP contribution in [0.25, 0.3) is 0 Å². The van der Waals surface area contributed by atoms with Gasteiger partial charge in [0, 0.05) is 17.6 Å². The van der Waals surface area contributed by atoms with Crippen LogP contribution in [0.15, 0.2) is 29.0 Å². The van der Waals surface area contributed by atoms with E-state index in [2.05, 4.69) is 31.2 Å². The minimum Gasteiger partial charge on any atom is -0.436 e. The average Bonchev–Trinajstić information content (AvgIpc) is 2.35. The molecule has 0 unspecified atom stereocenters. The Bertz CT molecular complexity index is 580. The molecule has 0 atom stereocenters. The molecule has 0 radical (unpaired) electrons. The predicted molar refractivity (Wildman–Crippen MR) is 65.7 cm³/mol. The van der Waals surface area contributed by atoms with Crippen molar-refractivity contribution in [2.75, 3.05) is 12.4 Å². The van der Waals surface area contributed by atoms with Crippen molar-refractivity contribution >= 4 is 21.7 Å². The van der Waals surface area contributed by atoms with E-state index in [0.717, 1.165) is 6.07 Å². The molecule has 4 nitrogen and oxygen atoms in total. The molecule has 0 aliphatic heterocycles. The summed E-state index contributed by atoms with van der Waals surface area (Å²) >= 11 is 3.06. The fourth-order valence-corrected chi connectivity index (χ4v) is 1.66. The van der Waals surface area contributed by atoms with Gasteiger partial charge in [-0.05, 0) is 12.1 Å². The lowest BCUT2D eigenvalue weighted by atomic mass is 10.3. The van der Waals surface area contributed by atoms with E-state index in [9.17, 15) is 8.78 Å². The summed E-state index contributed by atoms with van der Waals surface area (Å²) < 4.78 is 32.2. The maximum absolute atomic E-state index is 13.5. The van der Waals surface area contributed by atoms with Crippen LogP contribution in [0.4, 0.5) is 14.6 Å². The van der Waals surface area contributed by atoms with Gasteiger partial charge in [-0.15, -0.1) is 0 Å². The second-order valence-electron chi connectivity index (χ2n) is 3.29. The van der Waals surface area contributed by atoms with Crippen LogP contribution >= 0.6 is 15.9 Å². The van der Waals surface area contributed by atoms with Gasteiger partial charge in [0.15, 0.2) is 11.6 Å². The molecule has 18 heavy (non-hydrogen) atoms. The molecule has 1 N–H and O–H groups in total. The van der Waals surface area contributed by atoms with E-state index in [1.807, 2.05) is 0 Å². The molecule has 0 aliphatic rings. The zero-order chi connectivity index (χ0) is 13.1. The lowest BCUT2D eigenvalue weighted by Crippen LogP contribution is -1.97. The zero-order valence-corrected chi connectivity index (χ0v) is 10.8. The summed E-state index contributed by atoms with van der Waals surface area (Å²) in [5.41, 5.74) is 0. The molecule has 7 heteroatoms. The molecule has 0 spiro atoms. The largest absolute Gasteiger partial charge is 0.436 e. The third-order valence-corrected chi connectivity index (χ3v) is 2.53. The van der Waals surface area contributed by atoms with Gasteiger partial charge in [0.05, 0.1) is 0 Å².